The first kappa shape index (κ1) is 36.6. The number of amides is 3. The van der Waals surface area contributed by atoms with Crippen LogP contribution >= 0.6 is 0 Å². The van der Waals surface area contributed by atoms with Crippen molar-refractivity contribution in [2.45, 2.75) is 110 Å². The molecule has 230 valence electrons. The van der Waals surface area contributed by atoms with Crippen molar-refractivity contribution in [2.24, 2.45) is 34.0 Å². The molecule has 14 nitrogen and oxygen atoms in total. The van der Waals surface area contributed by atoms with Crippen molar-refractivity contribution in [1.29, 1.82) is 0 Å². The molecule has 40 heavy (non-hydrogen) atoms. The third kappa shape index (κ3) is 14.1. The standard InChI is InChI=1S/C26H49N7O7/c1-8-14(3)19(27)23(37)32-17(13-18(34)40-26(5,6)7)22(36)31-16(11-10-12-30-25(28)29)21(35)33-20(24(38)39)15(4)9-2/h14-17,19-20H,8-13,27H2,1-7H3,(H,31,36)(H,32,37)(H,33,35)(H,38,39)(H4,28,29,30)/t14-,15-,16-,17-,19-,20-/m0/s1. The van der Waals surface area contributed by atoms with Crippen LogP contribution < -0.4 is 33.2 Å². The SMILES string of the molecule is CC[C@H](C)[C@H](N)C(=O)N[C@@H](CC(=O)OC(C)(C)C)C(=O)N[C@@H](CCCN=C(N)N)C(=O)N[C@H](C(=O)O)[C@@H](C)CC. The van der Waals surface area contributed by atoms with Crippen LogP contribution in [0.25, 0.3) is 0 Å². The number of hydrogen-bond acceptors (Lipinski definition) is 8. The number of ether oxygens (including phenoxy) is 1. The van der Waals surface area contributed by atoms with Gasteiger partial charge in [-0.2, -0.15) is 0 Å². The highest BCUT2D eigenvalue weighted by Crippen LogP contribution is 2.12. The van der Waals surface area contributed by atoms with Gasteiger partial charge in [-0.3, -0.25) is 24.2 Å². The van der Waals surface area contributed by atoms with Gasteiger partial charge >= 0.3 is 11.9 Å². The van der Waals surface area contributed by atoms with Crippen LogP contribution in [0.1, 0.15) is 80.6 Å². The van der Waals surface area contributed by atoms with Crippen LogP contribution in [-0.4, -0.2) is 77.0 Å². The van der Waals surface area contributed by atoms with E-state index >= 15 is 0 Å². The molecular weight excluding hydrogens is 522 g/mol. The van der Waals surface area contributed by atoms with Gasteiger partial charge in [-0.25, -0.2) is 4.79 Å². The Morgan fingerprint density at radius 2 is 1.40 bits per heavy atom. The number of carboxylic acid groups (broad SMARTS) is 1. The van der Waals surface area contributed by atoms with Gasteiger partial charge in [0, 0.05) is 6.54 Å². The average Bonchev–Trinajstić information content (AvgIpc) is 2.85. The lowest BCUT2D eigenvalue weighted by atomic mass is 9.98. The van der Waals surface area contributed by atoms with Crippen LogP contribution in [0.3, 0.4) is 0 Å². The van der Waals surface area contributed by atoms with Crippen LogP contribution in [0, 0.1) is 11.8 Å². The quantitative estimate of drug-likeness (QED) is 0.0521. The molecule has 0 aromatic heterocycles. The number of aliphatic imine (C=N–C) groups is 1. The molecule has 0 aliphatic heterocycles. The summed E-state index contributed by atoms with van der Waals surface area (Å²) in [5, 5.41) is 17.1. The second-order valence-corrected chi connectivity index (χ2v) is 11.0. The third-order valence-electron chi connectivity index (χ3n) is 6.34. The number of nitrogens with two attached hydrogens (primary N) is 3. The molecule has 0 radical (unpaired) electrons. The van der Waals surface area contributed by atoms with Crippen molar-refractivity contribution in [3.63, 3.8) is 0 Å². The molecule has 0 unspecified atom stereocenters. The molecule has 10 N–H and O–H groups in total. The third-order valence-corrected chi connectivity index (χ3v) is 6.34. The maximum Gasteiger partial charge on any atom is 0.326 e. The number of carboxylic acids is 1. The van der Waals surface area contributed by atoms with E-state index in [4.69, 9.17) is 21.9 Å². The van der Waals surface area contributed by atoms with Gasteiger partial charge in [0.15, 0.2) is 5.96 Å². The summed E-state index contributed by atoms with van der Waals surface area (Å²) in [6.45, 7) is 12.2. The molecule has 3 amide bonds. The Kier molecular flexibility index (Phi) is 15.8. The van der Waals surface area contributed by atoms with E-state index < -0.39 is 65.8 Å². The monoisotopic (exact) mass is 571 g/mol. The zero-order valence-electron chi connectivity index (χ0n) is 24.8. The molecule has 0 saturated carbocycles. The number of carbonyl (C=O) groups is 5. The number of hydrogen-bond donors (Lipinski definition) is 7. The number of nitrogens with zero attached hydrogens (tertiary/aromatic N) is 1. The molecule has 0 aliphatic carbocycles. The highest BCUT2D eigenvalue weighted by molar-refractivity contribution is 5.95. The minimum atomic E-state index is -1.41. The van der Waals surface area contributed by atoms with Crippen LogP contribution in [0.15, 0.2) is 4.99 Å². The fraction of sp³-hybridized carbons (Fsp3) is 0.769. The van der Waals surface area contributed by atoms with Crippen LogP contribution in [-0.2, 0) is 28.7 Å². The minimum absolute atomic E-state index is 0.0423. The predicted molar refractivity (Wildman–Crippen MR) is 151 cm³/mol. The molecule has 14 heteroatoms. The largest absolute Gasteiger partial charge is 0.480 e. The lowest BCUT2D eigenvalue weighted by Gasteiger charge is -2.27. The molecule has 6 atom stereocenters. The lowest BCUT2D eigenvalue weighted by molar-refractivity contribution is -0.156. The first-order chi connectivity index (χ1) is 18.4. The van der Waals surface area contributed by atoms with Crippen LogP contribution in [0.4, 0.5) is 0 Å². The summed E-state index contributed by atoms with van der Waals surface area (Å²) < 4.78 is 5.32. The number of nitrogens with one attached hydrogen (secondary N) is 3. The Hall–Kier alpha value is -3.42. The van der Waals surface area contributed by atoms with Crippen LogP contribution in [0.5, 0.6) is 0 Å². The fourth-order valence-electron chi connectivity index (χ4n) is 3.52. The Bertz CT molecular complexity index is 900. The molecule has 0 aromatic carbocycles. The van der Waals surface area contributed by atoms with Crippen LogP contribution in [0.2, 0.25) is 0 Å². The molecule has 0 saturated heterocycles. The summed E-state index contributed by atoms with van der Waals surface area (Å²) in [4.78, 5) is 67.5. The van der Waals surface area contributed by atoms with Gasteiger partial charge in [-0.05, 0) is 45.4 Å². The average molecular weight is 572 g/mol. The summed E-state index contributed by atoms with van der Waals surface area (Å²) >= 11 is 0. The lowest BCUT2D eigenvalue weighted by Crippen LogP contribution is -2.58. The zero-order chi connectivity index (χ0) is 31.2. The van der Waals surface area contributed by atoms with Gasteiger partial charge in [-0.15, -0.1) is 0 Å². The summed E-state index contributed by atoms with van der Waals surface area (Å²) in [6, 6.07) is -4.76. The van der Waals surface area contributed by atoms with E-state index in [1.54, 1.807) is 41.5 Å². The Labute approximate surface area is 236 Å². The van der Waals surface area contributed by atoms with Crippen molar-refractivity contribution in [3.05, 3.63) is 0 Å². The molecule has 0 heterocycles. The van der Waals surface area contributed by atoms with Crippen molar-refractivity contribution >= 4 is 35.6 Å². The molecule has 0 aliphatic rings. The maximum absolute atomic E-state index is 13.4. The van der Waals surface area contributed by atoms with Crippen molar-refractivity contribution in [1.82, 2.24) is 16.0 Å². The van der Waals surface area contributed by atoms with E-state index in [0.717, 1.165) is 0 Å². The smallest absolute Gasteiger partial charge is 0.326 e. The van der Waals surface area contributed by atoms with E-state index in [0.29, 0.717) is 12.8 Å². The van der Waals surface area contributed by atoms with E-state index in [1.165, 1.54) is 0 Å². The summed E-state index contributed by atoms with van der Waals surface area (Å²) in [5.74, 6) is -4.94. The number of rotatable bonds is 17. The topological polar surface area (TPSA) is 241 Å². The highest BCUT2D eigenvalue weighted by atomic mass is 16.6. The number of guanidine groups is 1. The molecular formula is C26H49N7O7. The molecule has 0 aromatic rings. The van der Waals surface area contributed by atoms with E-state index in [1.807, 2.05) is 6.92 Å². The van der Waals surface area contributed by atoms with E-state index in [9.17, 15) is 29.1 Å². The Morgan fingerprint density at radius 1 is 0.875 bits per heavy atom. The molecule has 0 bridgehead atoms. The normalized spacial score (nSPS) is 15.8. The summed E-state index contributed by atoms with van der Waals surface area (Å²) in [5.41, 5.74) is 15.9. The highest BCUT2D eigenvalue weighted by Gasteiger charge is 2.34. The second-order valence-electron chi connectivity index (χ2n) is 11.0. The number of carbonyl (C=O) groups excluding carboxylic acids is 4. The maximum atomic E-state index is 13.4. The summed E-state index contributed by atoms with van der Waals surface area (Å²) in [6.07, 6.45) is 0.880. The van der Waals surface area contributed by atoms with Gasteiger partial charge in [0.25, 0.3) is 0 Å². The molecule has 0 rings (SSSR count). The minimum Gasteiger partial charge on any atom is -0.480 e. The van der Waals surface area contributed by atoms with Gasteiger partial charge in [0.1, 0.15) is 23.7 Å². The van der Waals surface area contributed by atoms with Gasteiger partial charge in [-0.1, -0.05) is 40.5 Å². The van der Waals surface area contributed by atoms with E-state index in [2.05, 4.69) is 20.9 Å². The summed E-state index contributed by atoms with van der Waals surface area (Å²) in [7, 11) is 0. The van der Waals surface area contributed by atoms with Crippen molar-refractivity contribution in [2.75, 3.05) is 6.54 Å². The van der Waals surface area contributed by atoms with Crippen molar-refractivity contribution in [3.8, 4) is 0 Å². The Balaban J connectivity index is 6.03. The van der Waals surface area contributed by atoms with E-state index in [-0.39, 0.29) is 37.2 Å². The zero-order valence-corrected chi connectivity index (χ0v) is 24.8. The fourth-order valence-corrected chi connectivity index (χ4v) is 3.52. The number of esters is 1. The van der Waals surface area contributed by atoms with Crippen molar-refractivity contribution < 1.29 is 33.8 Å². The Morgan fingerprint density at radius 3 is 1.88 bits per heavy atom. The second kappa shape index (κ2) is 17.3. The van der Waals surface area contributed by atoms with Gasteiger partial charge in [0.2, 0.25) is 17.7 Å². The first-order valence-corrected chi connectivity index (χ1v) is 13.6. The molecule has 0 fully saturated rings. The molecule has 0 spiro atoms. The number of aliphatic carboxylic acids is 1. The van der Waals surface area contributed by atoms with Gasteiger partial charge in [0.05, 0.1) is 12.5 Å². The first-order valence-electron chi connectivity index (χ1n) is 13.6. The van der Waals surface area contributed by atoms with Gasteiger partial charge < -0.3 is 43.0 Å². The predicted octanol–water partition coefficient (Wildman–Crippen LogP) is -0.270.